The lowest BCUT2D eigenvalue weighted by molar-refractivity contribution is 0.211. The number of rotatable bonds is 8. The van der Waals surface area contributed by atoms with Gasteiger partial charge in [-0.05, 0) is 39.4 Å². The molecule has 1 N–H and O–H groups in total. The van der Waals surface area contributed by atoms with E-state index in [1.54, 1.807) is 0 Å². The van der Waals surface area contributed by atoms with Crippen LogP contribution in [0.25, 0.3) is 0 Å². The fourth-order valence-corrected chi connectivity index (χ4v) is 1.46. The third-order valence-corrected chi connectivity index (χ3v) is 2.55. The minimum atomic E-state index is 0.365. The molecule has 1 atom stereocenters. The molecule has 0 aromatic carbocycles. The maximum Gasteiger partial charge on any atom is 0.0459 e. The van der Waals surface area contributed by atoms with Crippen molar-refractivity contribution in [3.8, 4) is 0 Å². The van der Waals surface area contributed by atoms with Crippen molar-refractivity contribution in [2.45, 2.75) is 39.0 Å². The maximum absolute atomic E-state index is 8.96. The molecule has 0 aliphatic heterocycles. The maximum atomic E-state index is 8.96. The Kier molecular flexibility index (Phi) is 8.46. The Morgan fingerprint density at radius 2 is 1.85 bits per heavy atom. The molecule has 0 amide bonds. The van der Waals surface area contributed by atoms with Gasteiger partial charge in [-0.15, -0.1) is 0 Å². The van der Waals surface area contributed by atoms with Gasteiger partial charge in [-0.25, -0.2) is 0 Å². The first-order valence-electron chi connectivity index (χ1n) is 5.46. The minimum absolute atomic E-state index is 0.365. The third-order valence-electron chi connectivity index (χ3n) is 2.55. The lowest BCUT2D eigenvalue weighted by atomic mass is 10.00. The first-order chi connectivity index (χ1) is 6.20. The van der Waals surface area contributed by atoms with Gasteiger partial charge in [-0.3, -0.25) is 0 Å². The van der Waals surface area contributed by atoms with E-state index in [1.807, 2.05) is 0 Å². The second kappa shape index (κ2) is 8.52. The van der Waals surface area contributed by atoms with Crippen molar-refractivity contribution in [1.82, 2.24) is 4.90 Å². The molecule has 0 saturated heterocycles. The summed E-state index contributed by atoms with van der Waals surface area (Å²) in [6.45, 7) is 3.71. The molecule has 0 spiro atoms. The molecule has 0 bridgehead atoms. The van der Waals surface area contributed by atoms with E-state index in [-0.39, 0.29) is 0 Å². The molecule has 0 aliphatic carbocycles. The molecule has 0 aliphatic rings. The van der Waals surface area contributed by atoms with Gasteiger partial charge in [0.05, 0.1) is 0 Å². The molecule has 0 rings (SSSR count). The number of unbranched alkanes of at least 4 members (excludes halogenated alkanes) is 2. The molecule has 0 aromatic heterocycles. The van der Waals surface area contributed by atoms with Crippen LogP contribution in [0.1, 0.15) is 39.0 Å². The molecule has 0 saturated carbocycles. The zero-order valence-electron chi connectivity index (χ0n) is 9.42. The predicted molar refractivity (Wildman–Crippen MR) is 57.9 cm³/mol. The van der Waals surface area contributed by atoms with Crippen LogP contribution in [-0.4, -0.2) is 37.3 Å². The highest BCUT2D eigenvalue weighted by atomic mass is 16.3. The Labute approximate surface area is 82.9 Å². The normalized spacial score (nSPS) is 13.6. The average Bonchev–Trinajstić information content (AvgIpc) is 2.11. The van der Waals surface area contributed by atoms with Gasteiger partial charge in [0.2, 0.25) is 0 Å². The van der Waals surface area contributed by atoms with Crippen LogP contribution in [0.15, 0.2) is 0 Å². The van der Waals surface area contributed by atoms with E-state index < -0.39 is 0 Å². The van der Waals surface area contributed by atoms with Crippen LogP contribution >= 0.6 is 0 Å². The quantitative estimate of drug-likeness (QED) is 0.588. The molecule has 1 unspecified atom stereocenters. The van der Waals surface area contributed by atoms with Gasteiger partial charge in [-0.2, -0.15) is 0 Å². The summed E-state index contributed by atoms with van der Waals surface area (Å²) in [5, 5.41) is 8.96. The Hall–Kier alpha value is -0.0800. The molecule has 80 valence electrons. The third kappa shape index (κ3) is 8.26. The Morgan fingerprint density at radius 1 is 1.15 bits per heavy atom. The highest BCUT2D eigenvalue weighted by Gasteiger charge is 2.03. The molecule has 0 aromatic rings. The van der Waals surface area contributed by atoms with Crippen molar-refractivity contribution in [3.05, 3.63) is 0 Å². The van der Waals surface area contributed by atoms with E-state index >= 15 is 0 Å². The zero-order chi connectivity index (χ0) is 10.1. The van der Waals surface area contributed by atoms with E-state index in [1.165, 1.54) is 32.2 Å². The smallest absolute Gasteiger partial charge is 0.0459 e. The topological polar surface area (TPSA) is 23.5 Å². The molecule has 2 heteroatoms. The van der Waals surface area contributed by atoms with E-state index in [2.05, 4.69) is 25.9 Å². The van der Waals surface area contributed by atoms with Crippen LogP contribution in [0.5, 0.6) is 0 Å². The first-order valence-corrected chi connectivity index (χ1v) is 5.46. The summed E-state index contributed by atoms with van der Waals surface area (Å²) in [5.74, 6) is 0.541. The number of aliphatic hydroxyl groups is 1. The largest absolute Gasteiger partial charge is 0.396 e. The Morgan fingerprint density at radius 3 is 2.31 bits per heavy atom. The number of hydrogen-bond acceptors (Lipinski definition) is 2. The number of aliphatic hydroxyl groups excluding tert-OH is 1. The van der Waals surface area contributed by atoms with Gasteiger partial charge in [0, 0.05) is 6.61 Å². The summed E-state index contributed by atoms with van der Waals surface area (Å²) >= 11 is 0. The first kappa shape index (κ1) is 12.9. The second-order valence-electron chi connectivity index (χ2n) is 4.11. The molecule has 0 fully saturated rings. The lowest BCUT2D eigenvalue weighted by Gasteiger charge is -2.12. The van der Waals surface area contributed by atoms with Crippen LogP contribution in [0, 0.1) is 5.92 Å². The van der Waals surface area contributed by atoms with E-state index in [0.717, 1.165) is 6.42 Å². The monoisotopic (exact) mass is 187 g/mol. The molecular formula is C11H25NO. The van der Waals surface area contributed by atoms with Crippen LogP contribution < -0.4 is 0 Å². The minimum Gasteiger partial charge on any atom is -0.396 e. The van der Waals surface area contributed by atoms with Gasteiger partial charge >= 0.3 is 0 Å². The standard InChI is InChI=1S/C11H25NO/c1-4-11(10-13)8-6-5-7-9-12(2)3/h11,13H,4-10H2,1-3H3. The SMILES string of the molecule is CCC(CO)CCCCCN(C)C. The van der Waals surface area contributed by atoms with Crippen molar-refractivity contribution >= 4 is 0 Å². The summed E-state index contributed by atoms with van der Waals surface area (Å²) in [4.78, 5) is 2.23. The molecule has 0 heterocycles. The van der Waals surface area contributed by atoms with Gasteiger partial charge in [0.15, 0.2) is 0 Å². The molecule has 2 nitrogen and oxygen atoms in total. The number of nitrogens with zero attached hydrogens (tertiary/aromatic N) is 1. The Balaban J connectivity index is 3.14. The van der Waals surface area contributed by atoms with Gasteiger partial charge in [0.25, 0.3) is 0 Å². The lowest BCUT2D eigenvalue weighted by Crippen LogP contribution is -2.12. The van der Waals surface area contributed by atoms with Crippen molar-refractivity contribution < 1.29 is 5.11 Å². The fraction of sp³-hybridized carbons (Fsp3) is 1.00. The van der Waals surface area contributed by atoms with Crippen LogP contribution in [0.2, 0.25) is 0 Å². The molecule has 13 heavy (non-hydrogen) atoms. The van der Waals surface area contributed by atoms with Crippen LogP contribution in [0.3, 0.4) is 0 Å². The predicted octanol–water partition coefficient (Wildman–Crippen LogP) is 2.13. The second-order valence-corrected chi connectivity index (χ2v) is 4.11. The van der Waals surface area contributed by atoms with Crippen LogP contribution in [0.4, 0.5) is 0 Å². The van der Waals surface area contributed by atoms with E-state index in [9.17, 15) is 0 Å². The van der Waals surface area contributed by atoms with Crippen LogP contribution in [-0.2, 0) is 0 Å². The summed E-state index contributed by atoms with van der Waals surface area (Å²) < 4.78 is 0. The highest BCUT2D eigenvalue weighted by molar-refractivity contribution is 4.56. The molecular weight excluding hydrogens is 162 g/mol. The number of hydrogen-bond donors (Lipinski definition) is 1. The van der Waals surface area contributed by atoms with Gasteiger partial charge < -0.3 is 10.0 Å². The van der Waals surface area contributed by atoms with E-state index in [4.69, 9.17) is 5.11 Å². The summed E-state index contributed by atoms with van der Waals surface area (Å²) in [6.07, 6.45) is 6.17. The van der Waals surface area contributed by atoms with Gasteiger partial charge in [0.1, 0.15) is 0 Å². The van der Waals surface area contributed by atoms with Crippen molar-refractivity contribution in [2.24, 2.45) is 5.92 Å². The summed E-state index contributed by atoms with van der Waals surface area (Å²) in [5.41, 5.74) is 0. The van der Waals surface area contributed by atoms with E-state index in [0.29, 0.717) is 12.5 Å². The summed E-state index contributed by atoms with van der Waals surface area (Å²) in [7, 11) is 4.23. The van der Waals surface area contributed by atoms with Crippen molar-refractivity contribution in [2.75, 3.05) is 27.2 Å². The fourth-order valence-electron chi connectivity index (χ4n) is 1.46. The van der Waals surface area contributed by atoms with Crippen molar-refractivity contribution in [3.63, 3.8) is 0 Å². The summed E-state index contributed by atoms with van der Waals surface area (Å²) in [6, 6.07) is 0. The zero-order valence-corrected chi connectivity index (χ0v) is 9.42. The van der Waals surface area contributed by atoms with Gasteiger partial charge in [-0.1, -0.05) is 26.2 Å². The molecule has 0 radical (unpaired) electrons. The highest BCUT2D eigenvalue weighted by Crippen LogP contribution is 2.12. The average molecular weight is 187 g/mol. The Bertz CT molecular complexity index is 100. The van der Waals surface area contributed by atoms with Crippen molar-refractivity contribution in [1.29, 1.82) is 0 Å².